The highest BCUT2D eigenvalue weighted by molar-refractivity contribution is 7.89. The van der Waals surface area contributed by atoms with Crippen LogP contribution in [0.3, 0.4) is 0 Å². The Morgan fingerprint density at radius 2 is 2.00 bits per heavy atom. The molecule has 10 heteroatoms. The van der Waals surface area contributed by atoms with Crippen molar-refractivity contribution < 1.29 is 22.5 Å². The Labute approximate surface area is 135 Å². The van der Waals surface area contributed by atoms with Crippen LogP contribution in [0.15, 0.2) is 17.0 Å². The van der Waals surface area contributed by atoms with Crippen molar-refractivity contribution in [3.05, 3.63) is 27.7 Å². The van der Waals surface area contributed by atoms with Gasteiger partial charge in [0.05, 0.1) is 15.6 Å². The number of nitrogens with one attached hydrogen (secondary N) is 1. The summed E-state index contributed by atoms with van der Waals surface area (Å²) in [6.07, 6.45) is 1.46. The van der Waals surface area contributed by atoms with Crippen LogP contribution in [0.25, 0.3) is 0 Å². The third kappa shape index (κ3) is 4.40. The van der Waals surface area contributed by atoms with Crippen LogP contribution in [0.2, 0.25) is 10.0 Å². The van der Waals surface area contributed by atoms with Crippen molar-refractivity contribution in [2.75, 3.05) is 12.8 Å². The largest absolute Gasteiger partial charge is 0.478 e. The molecule has 6 nitrogen and oxygen atoms in total. The zero-order valence-corrected chi connectivity index (χ0v) is 14.2. The number of halogens is 2. The zero-order valence-electron chi connectivity index (χ0n) is 11.1. The molecule has 0 aliphatic rings. The topological polar surface area (TPSA) is 101 Å². The lowest BCUT2D eigenvalue weighted by Crippen LogP contribution is -2.33. The average molecular weight is 374 g/mol. The Morgan fingerprint density at radius 3 is 2.48 bits per heavy atom. The summed E-state index contributed by atoms with van der Waals surface area (Å²) in [6.45, 7) is 1.55. The first-order valence-corrected chi connectivity index (χ1v) is 9.47. The molecular weight excluding hydrogens is 361 g/mol. The van der Waals surface area contributed by atoms with E-state index in [1.54, 1.807) is 6.92 Å². The Morgan fingerprint density at radius 1 is 1.43 bits per heavy atom. The van der Waals surface area contributed by atoms with Crippen molar-refractivity contribution in [2.45, 2.75) is 17.1 Å². The van der Waals surface area contributed by atoms with E-state index in [-0.39, 0.29) is 16.5 Å². The minimum atomic E-state index is -4.03. The highest BCUT2D eigenvalue weighted by Gasteiger charge is 2.25. The number of benzene rings is 1. The molecule has 2 N–H and O–H groups in total. The molecule has 118 valence electrons. The molecule has 1 rings (SSSR count). The first-order valence-electron chi connectivity index (χ1n) is 5.61. The van der Waals surface area contributed by atoms with Gasteiger partial charge >= 0.3 is 5.97 Å². The maximum Gasteiger partial charge on any atom is 0.338 e. The van der Waals surface area contributed by atoms with Gasteiger partial charge < -0.3 is 5.11 Å². The van der Waals surface area contributed by atoms with Gasteiger partial charge in [0, 0.05) is 28.9 Å². The second kappa shape index (κ2) is 7.06. The molecule has 0 aliphatic carbocycles. The second-order valence-corrected chi connectivity index (χ2v) is 8.52. The lowest BCUT2D eigenvalue weighted by molar-refractivity contribution is 0.0697. The summed E-state index contributed by atoms with van der Waals surface area (Å²) in [6, 6.07) is 2.26. The number of carboxylic acid groups (broad SMARTS) is 1. The highest BCUT2D eigenvalue weighted by Crippen LogP contribution is 2.30. The van der Waals surface area contributed by atoms with Crippen molar-refractivity contribution in [3.8, 4) is 0 Å². The Bertz CT molecular complexity index is 690. The fourth-order valence-corrected chi connectivity index (χ4v) is 3.83. The number of aromatic carboxylic acids is 1. The molecule has 0 bridgehead atoms. The summed E-state index contributed by atoms with van der Waals surface area (Å²) in [7, 11) is -5.23. The van der Waals surface area contributed by atoms with E-state index in [0.717, 1.165) is 12.1 Å². The summed E-state index contributed by atoms with van der Waals surface area (Å²) in [4.78, 5) is 10.7. The van der Waals surface area contributed by atoms with Gasteiger partial charge in [0.25, 0.3) is 0 Å². The third-order valence-corrected chi connectivity index (χ3v) is 6.27. The van der Waals surface area contributed by atoms with Crippen LogP contribution >= 0.6 is 23.2 Å². The summed E-state index contributed by atoms with van der Waals surface area (Å²) in [5.74, 6) is -1.43. The first kappa shape index (κ1) is 18.4. The molecule has 1 aromatic rings. The van der Waals surface area contributed by atoms with Gasteiger partial charge in [-0.3, -0.25) is 4.21 Å². The maximum atomic E-state index is 12.1. The molecule has 0 aliphatic heterocycles. The van der Waals surface area contributed by atoms with Crippen LogP contribution in [0.4, 0.5) is 0 Å². The Balaban J connectivity index is 3.18. The van der Waals surface area contributed by atoms with Gasteiger partial charge in [-0.05, 0) is 19.1 Å². The normalized spacial score (nSPS) is 14.7. The van der Waals surface area contributed by atoms with Gasteiger partial charge in [-0.15, -0.1) is 0 Å². The van der Waals surface area contributed by atoms with Crippen LogP contribution in [0.1, 0.15) is 17.3 Å². The van der Waals surface area contributed by atoms with E-state index < -0.39 is 42.6 Å². The van der Waals surface area contributed by atoms with Crippen molar-refractivity contribution in [2.24, 2.45) is 0 Å². The maximum absolute atomic E-state index is 12.1. The van der Waals surface area contributed by atoms with E-state index in [0.29, 0.717) is 0 Å². The van der Waals surface area contributed by atoms with E-state index in [1.165, 1.54) is 6.26 Å². The Hall–Kier alpha value is -0.670. The average Bonchev–Trinajstić information content (AvgIpc) is 2.35. The summed E-state index contributed by atoms with van der Waals surface area (Å²) in [5.41, 5.74) is -0.478. The fraction of sp³-hybridized carbons (Fsp3) is 0.364. The highest BCUT2D eigenvalue weighted by atomic mass is 35.5. The standard InChI is InChI=1S/C11H13Cl2NO5S2/c1-6(20(2)17)5-14-21(18,19)8-4-3-7(12)9(10(8)13)11(15)16/h3-4,6,14H,5H2,1-2H3,(H,15,16). The predicted octanol–water partition coefficient (Wildman–Crippen LogP) is 1.74. The van der Waals surface area contributed by atoms with E-state index in [2.05, 4.69) is 4.72 Å². The minimum absolute atomic E-state index is 0.0627. The molecule has 1 aromatic carbocycles. The smallest absolute Gasteiger partial charge is 0.338 e. The third-order valence-electron chi connectivity index (χ3n) is 2.69. The molecule has 0 radical (unpaired) electrons. The van der Waals surface area contributed by atoms with Gasteiger partial charge in [0.15, 0.2) is 0 Å². The number of rotatable bonds is 6. The summed E-state index contributed by atoms with van der Waals surface area (Å²) < 4.78 is 37.7. The van der Waals surface area contributed by atoms with Gasteiger partial charge in [0.1, 0.15) is 4.90 Å². The minimum Gasteiger partial charge on any atom is -0.478 e. The van der Waals surface area contributed by atoms with Gasteiger partial charge in [0.2, 0.25) is 10.0 Å². The van der Waals surface area contributed by atoms with Gasteiger partial charge in [-0.1, -0.05) is 23.2 Å². The summed E-state index contributed by atoms with van der Waals surface area (Å²) in [5, 5.41) is 7.98. The van der Waals surface area contributed by atoms with E-state index in [1.807, 2.05) is 0 Å². The fourth-order valence-electron chi connectivity index (χ4n) is 1.36. The van der Waals surface area contributed by atoms with Crippen molar-refractivity contribution in [1.82, 2.24) is 4.72 Å². The molecule has 0 fully saturated rings. The number of carbonyl (C=O) groups is 1. The monoisotopic (exact) mass is 373 g/mol. The zero-order chi connectivity index (χ0) is 16.4. The Kier molecular flexibility index (Phi) is 6.18. The lowest BCUT2D eigenvalue weighted by atomic mass is 10.2. The quantitative estimate of drug-likeness (QED) is 0.790. The van der Waals surface area contributed by atoms with Crippen LogP contribution in [0.5, 0.6) is 0 Å². The van der Waals surface area contributed by atoms with Gasteiger partial charge in [-0.2, -0.15) is 0 Å². The van der Waals surface area contributed by atoms with E-state index in [9.17, 15) is 17.4 Å². The molecule has 0 aromatic heterocycles. The van der Waals surface area contributed by atoms with Crippen LogP contribution in [0, 0.1) is 0 Å². The SMILES string of the molecule is CC(CNS(=O)(=O)c1ccc(Cl)c(C(=O)O)c1Cl)S(C)=O. The number of hydrogen-bond donors (Lipinski definition) is 2. The van der Waals surface area contributed by atoms with Crippen LogP contribution in [-0.4, -0.2) is 41.8 Å². The first-order chi connectivity index (χ1) is 9.58. The molecule has 0 spiro atoms. The molecule has 0 saturated heterocycles. The van der Waals surface area contributed by atoms with E-state index >= 15 is 0 Å². The number of hydrogen-bond acceptors (Lipinski definition) is 4. The van der Waals surface area contributed by atoms with Crippen LogP contribution in [-0.2, 0) is 20.8 Å². The second-order valence-electron chi connectivity index (χ2n) is 4.20. The number of carboxylic acids is 1. The van der Waals surface area contributed by atoms with Crippen molar-refractivity contribution in [1.29, 1.82) is 0 Å². The predicted molar refractivity (Wildman–Crippen MR) is 82.1 cm³/mol. The molecule has 0 saturated carbocycles. The molecule has 2 unspecified atom stereocenters. The molecule has 0 amide bonds. The van der Waals surface area contributed by atoms with Crippen molar-refractivity contribution in [3.63, 3.8) is 0 Å². The molecule has 0 heterocycles. The van der Waals surface area contributed by atoms with Crippen molar-refractivity contribution >= 4 is 50.0 Å². The molecule has 2 atom stereocenters. The summed E-state index contributed by atoms with van der Waals surface area (Å²) >= 11 is 11.5. The lowest BCUT2D eigenvalue weighted by Gasteiger charge is -2.13. The number of sulfonamides is 1. The van der Waals surface area contributed by atoms with Crippen LogP contribution < -0.4 is 4.72 Å². The van der Waals surface area contributed by atoms with E-state index in [4.69, 9.17) is 28.3 Å². The van der Waals surface area contributed by atoms with Gasteiger partial charge in [-0.25, -0.2) is 17.9 Å². The molecule has 21 heavy (non-hydrogen) atoms. The molecular formula is C11H13Cl2NO5S2.